The maximum Gasteiger partial charge on any atom is 0.271 e. The van der Waals surface area contributed by atoms with E-state index in [1.807, 2.05) is 0 Å². The molecule has 0 radical (unpaired) electrons. The zero-order chi connectivity index (χ0) is 8.72. The Balaban J connectivity index is 2.95. The highest BCUT2D eigenvalue weighted by atomic mass is 19.1. The maximum absolute atomic E-state index is 12.8. The highest BCUT2D eigenvalue weighted by Gasteiger charge is 2.08. The molecule has 0 atom stereocenters. The van der Waals surface area contributed by atoms with E-state index in [1.165, 1.54) is 0 Å². The molecule has 0 unspecified atom stereocenters. The van der Waals surface area contributed by atoms with Crippen LogP contribution in [0, 0.1) is 11.6 Å². The normalized spacial score (nSPS) is 13.7. The molecule has 1 aromatic carbocycles. The van der Waals surface area contributed by atoms with Gasteiger partial charge >= 0.3 is 0 Å². The SMILES string of the molecule is O=C1C=c2cc(F)cc(F)c2=N1. The van der Waals surface area contributed by atoms with Crippen LogP contribution >= 0.6 is 0 Å². The first-order chi connectivity index (χ1) is 5.66. The maximum atomic E-state index is 12.8. The molecule has 0 bridgehead atoms. The van der Waals surface area contributed by atoms with E-state index in [2.05, 4.69) is 4.99 Å². The summed E-state index contributed by atoms with van der Waals surface area (Å²) in [5.41, 5.74) is 0. The molecule has 1 aliphatic rings. The molecule has 60 valence electrons. The van der Waals surface area contributed by atoms with Gasteiger partial charge in [-0.25, -0.2) is 13.8 Å². The molecule has 0 aliphatic carbocycles. The van der Waals surface area contributed by atoms with Crippen LogP contribution in [0.3, 0.4) is 0 Å². The van der Waals surface area contributed by atoms with Crippen LogP contribution in [0.5, 0.6) is 0 Å². The molecule has 1 aliphatic heterocycles. The molecule has 12 heavy (non-hydrogen) atoms. The van der Waals surface area contributed by atoms with Crippen LogP contribution in [0.4, 0.5) is 8.78 Å². The van der Waals surface area contributed by atoms with Crippen molar-refractivity contribution in [1.82, 2.24) is 0 Å². The number of hydrogen-bond acceptors (Lipinski definition) is 1. The Hall–Kier alpha value is -1.58. The Morgan fingerprint density at radius 3 is 2.75 bits per heavy atom. The predicted molar refractivity (Wildman–Crippen MR) is 36.6 cm³/mol. The van der Waals surface area contributed by atoms with Crippen LogP contribution in [0.1, 0.15) is 0 Å². The fraction of sp³-hybridized carbons (Fsp3) is 0. The van der Waals surface area contributed by atoms with Crippen molar-refractivity contribution in [3.05, 3.63) is 34.3 Å². The smallest absolute Gasteiger partial charge is 0.267 e. The van der Waals surface area contributed by atoms with Crippen LogP contribution in [-0.4, -0.2) is 5.91 Å². The molecule has 2 nitrogen and oxygen atoms in total. The molecule has 1 heterocycles. The van der Waals surface area contributed by atoms with E-state index in [0.717, 1.165) is 12.1 Å². The first-order valence-electron chi connectivity index (χ1n) is 3.26. The monoisotopic (exact) mass is 167 g/mol. The number of amides is 1. The first-order valence-corrected chi connectivity index (χ1v) is 3.26. The second-order valence-electron chi connectivity index (χ2n) is 2.42. The summed E-state index contributed by atoms with van der Waals surface area (Å²) in [5, 5.41) is 0.138. The Morgan fingerprint density at radius 2 is 2.00 bits per heavy atom. The Morgan fingerprint density at radius 1 is 1.25 bits per heavy atom. The summed E-state index contributed by atoms with van der Waals surface area (Å²) in [6, 6.07) is 1.78. The van der Waals surface area contributed by atoms with Gasteiger partial charge in [0, 0.05) is 17.4 Å². The highest BCUT2D eigenvalue weighted by molar-refractivity contribution is 6.06. The van der Waals surface area contributed by atoms with Gasteiger partial charge in [-0.2, -0.15) is 0 Å². The van der Waals surface area contributed by atoms with Gasteiger partial charge in [0.25, 0.3) is 5.91 Å². The Kier molecular flexibility index (Phi) is 1.30. The van der Waals surface area contributed by atoms with Crippen LogP contribution in [0.15, 0.2) is 17.1 Å². The zero-order valence-electron chi connectivity index (χ0n) is 5.84. The number of carbonyl (C=O) groups excluding carboxylic acids is 1. The van der Waals surface area contributed by atoms with Gasteiger partial charge in [0.1, 0.15) is 11.2 Å². The molecule has 0 aromatic heterocycles. The molecule has 0 N–H and O–H groups in total. The second-order valence-corrected chi connectivity index (χ2v) is 2.42. The van der Waals surface area contributed by atoms with Crippen molar-refractivity contribution in [2.45, 2.75) is 0 Å². The molecule has 2 rings (SSSR count). The van der Waals surface area contributed by atoms with Gasteiger partial charge in [0.15, 0.2) is 5.82 Å². The Labute approximate surface area is 65.9 Å². The Bertz CT molecular complexity index is 479. The van der Waals surface area contributed by atoms with E-state index in [-0.39, 0.29) is 10.6 Å². The van der Waals surface area contributed by atoms with Crippen LogP contribution < -0.4 is 10.6 Å². The third kappa shape index (κ3) is 0.922. The average Bonchev–Trinajstić information content (AvgIpc) is 2.29. The van der Waals surface area contributed by atoms with Gasteiger partial charge in [0.05, 0.1) is 0 Å². The van der Waals surface area contributed by atoms with Crippen LogP contribution in [-0.2, 0) is 4.79 Å². The van der Waals surface area contributed by atoms with Crippen molar-refractivity contribution in [1.29, 1.82) is 0 Å². The quantitative estimate of drug-likeness (QED) is 0.530. The molecule has 0 saturated heterocycles. The zero-order valence-corrected chi connectivity index (χ0v) is 5.84. The fourth-order valence-electron chi connectivity index (χ4n) is 1.09. The van der Waals surface area contributed by atoms with E-state index in [0.29, 0.717) is 6.07 Å². The summed E-state index contributed by atoms with van der Waals surface area (Å²) < 4.78 is 25.4. The number of halogens is 2. The van der Waals surface area contributed by atoms with Crippen molar-refractivity contribution in [2.24, 2.45) is 4.99 Å². The lowest BCUT2D eigenvalue weighted by atomic mass is 10.3. The van der Waals surface area contributed by atoms with Crippen molar-refractivity contribution < 1.29 is 13.6 Å². The molecular formula is C8H3F2NO. The first kappa shape index (κ1) is 7.09. The molecule has 0 saturated carbocycles. The number of benzene rings is 1. The van der Waals surface area contributed by atoms with Gasteiger partial charge in [-0.3, -0.25) is 4.79 Å². The van der Waals surface area contributed by atoms with E-state index in [4.69, 9.17) is 0 Å². The van der Waals surface area contributed by atoms with Gasteiger partial charge in [-0.05, 0) is 6.07 Å². The molecule has 1 aromatic rings. The number of nitrogens with zero attached hydrogens (tertiary/aromatic N) is 1. The van der Waals surface area contributed by atoms with Crippen LogP contribution in [0.25, 0.3) is 6.08 Å². The summed E-state index contributed by atoms with van der Waals surface area (Å²) >= 11 is 0. The largest absolute Gasteiger partial charge is 0.271 e. The highest BCUT2D eigenvalue weighted by Crippen LogP contribution is 1.95. The predicted octanol–water partition coefficient (Wildman–Crippen LogP) is -0.0949. The third-order valence-corrected chi connectivity index (χ3v) is 1.56. The molecule has 0 spiro atoms. The standard InChI is InChI=1S/C8H3F2NO/c9-5-1-4-2-7(12)11-8(4)6(10)3-5/h1-3H. The lowest BCUT2D eigenvalue weighted by Crippen LogP contribution is -2.25. The molecule has 0 fully saturated rings. The van der Waals surface area contributed by atoms with Crippen molar-refractivity contribution in [2.75, 3.05) is 0 Å². The van der Waals surface area contributed by atoms with E-state index >= 15 is 0 Å². The summed E-state index contributed by atoms with van der Waals surface area (Å²) in [7, 11) is 0. The van der Waals surface area contributed by atoms with E-state index in [1.54, 1.807) is 0 Å². The van der Waals surface area contributed by atoms with E-state index < -0.39 is 17.5 Å². The second kappa shape index (κ2) is 2.20. The molecule has 4 heteroatoms. The number of carbonyl (C=O) groups is 1. The third-order valence-electron chi connectivity index (χ3n) is 1.56. The minimum Gasteiger partial charge on any atom is -0.267 e. The van der Waals surface area contributed by atoms with Gasteiger partial charge < -0.3 is 0 Å². The summed E-state index contributed by atoms with van der Waals surface area (Å²) in [4.78, 5) is 14.0. The number of fused-ring (bicyclic) bond motifs is 1. The van der Waals surface area contributed by atoms with Crippen LogP contribution in [0.2, 0.25) is 0 Å². The van der Waals surface area contributed by atoms with Gasteiger partial charge in [-0.1, -0.05) is 0 Å². The fourth-order valence-corrected chi connectivity index (χ4v) is 1.09. The number of hydrogen-bond donors (Lipinski definition) is 0. The molecular weight excluding hydrogens is 164 g/mol. The van der Waals surface area contributed by atoms with Gasteiger partial charge in [-0.15, -0.1) is 0 Å². The molecule has 1 amide bonds. The lowest BCUT2D eigenvalue weighted by molar-refractivity contribution is -0.112. The van der Waals surface area contributed by atoms with E-state index in [9.17, 15) is 13.6 Å². The number of rotatable bonds is 0. The summed E-state index contributed by atoms with van der Waals surface area (Å²) in [6.45, 7) is 0. The van der Waals surface area contributed by atoms with Crippen molar-refractivity contribution in [3.8, 4) is 0 Å². The summed E-state index contributed by atoms with van der Waals surface area (Å²) in [5.74, 6) is -2.05. The summed E-state index contributed by atoms with van der Waals surface area (Å²) in [6.07, 6.45) is 1.10. The lowest BCUT2D eigenvalue weighted by Gasteiger charge is -1.87. The minimum absolute atomic E-state index is 0.0681. The minimum atomic E-state index is -0.799. The van der Waals surface area contributed by atoms with Crippen molar-refractivity contribution in [3.63, 3.8) is 0 Å². The average molecular weight is 167 g/mol. The van der Waals surface area contributed by atoms with Gasteiger partial charge in [0.2, 0.25) is 0 Å². The topological polar surface area (TPSA) is 29.4 Å². The van der Waals surface area contributed by atoms with Crippen molar-refractivity contribution >= 4 is 12.0 Å².